The van der Waals surface area contributed by atoms with E-state index >= 15 is 0 Å². The van der Waals surface area contributed by atoms with Gasteiger partial charge in [0.15, 0.2) is 0 Å². The van der Waals surface area contributed by atoms with Gasteiger partial charge >= 0.3 is 0 Å². The standard InChI is InChI=1S/C37H55N3O18S6/c41-59(42,43)26-4-20-38(21-5-27-60(44,45)46)35-16-12-33(13-17-35)37(32-10-2-1-3-11-32,40(24-8-30-63(53,54)55)25-9-31-64(56,57)58)34-14-18-36(19-15-34)39(22-6-28-61(47,48)49)23-7-29-62(50,51)52/h1-3,10-19H,4-9,20-31H2,(H,41,42,43)(H,44,45,46)(H,47,48,49)(H,50,51,52)(H,53,54,55)(H,56,57,58). The Hall–Kier alpha value is -3.32. The first-order chi connectivity index (χ1) is 29.5. The third kappa shape index (κ3) is 20.0. The van der Waals surface area contributed by atoms with Gasteiger partial charge in [-0.1, -0.05) is 54.6 Å². The summed E-state index contributed by atoms with van der Waals surface area (Å²) in [6.07, 6.45) is -0.592. The molecule has 3 rings (SSSR count). The highest BCUT2D eigenvalue weighted by Gasteiger charge is 2.42. The fourth-order valence-corrected chi connectivity index (χ4v) is 10.3. The summed E-state index contributed by atoms with van der Waals surface area (Å²) in [5, 5.41) is 0. The van der Waals surface area contributed by atoms with Crippen molar-refractivity contribution in [2.24, 2.45) is 0 Å². The number of hydrogen-bond donors (Lipinski definition) is 6. The van der Waals surface area contributed by atoms with Crippen LogP contribution < -0.4 is 9.80 Å². The van der Waals surface area contributed by atoms with E-state index in [1.54, 1.807) is 93.6 Å². The van der Waals surface area contributed by atoms with E-state index in [0.29, 0.717) is 28.1 Å². The van der Waals surface area contributed by atoms with Crippen molar-refractivity contribution in [2.75, 3.05) is 83.6 Å². The van der Waals surface area contributed by atoms with Crippen molar-refractivity contribution in [1.29, 1.82) is 0 Å². The van der Waals surface area contributed by atoms with Crippen LogP contribution in [0.15, 0.2) is 78.9 Å². The van der Waals surface area contributed by atoms with Gasteiger partial charge in [-0.15, -0.1) is 0 Å². The number of rotatable bonds is 30. The molecule has 0 spiro atoms. The zero-order valence-corrected chi connectivity index (χ0v) is 39.5. The van der Waals surface area contributed by atoms with Gasteiger partial charge in [-0.25, -0.2) is 0 Å². The van der Waals surface area contributed by atoms with Crippen LogP contribution in [-0.4, -0.2) is 157 Å². The van der Waals surface area contributed by atoms with E-state index in [1.807, 2.05) is 0 Å². The van der Waals surface area contributed by atoms with Crippen molar-refractivity contribution in [1.82, 2.24) is 4.90 Å². The predicted octanol–water partition coefficient (Wildman–Crippen LogP) is 2.56. The highest BCUT2D eigenvalue weighted by Crippen LogP contribution is 2.44. The monoisotopic (exact) mass is 1020 g/mol. The van der Waals surface area contributed by atoms with Crippen molar-refractivity contribution in [3.05, 3.63) is 95.6 Å². The van der Waals surface area contributed by atoms with Crippen molar-refractivity contribution in [3.63, 3.8) is 0 Å². The van der Waals surface area contributed by atoms with E-state index in [2.05, 4.69) is 0 Å². The summed E-state index contributed by atoms with van der Waals surface area (Å²) in [5.41, 5.74) is 0.998. The second kappa shape index (κ2) is 23.4. The topological polar surface area (TPSA) is 336 Å². The first-order valence-corrected chi connectivity index (χ1v) is 29.4. The summed E-state index contributed by atoms with van der Waals surface area (Å²) in [7, 11) is -26.4. The first-order valence-electron chi connectivity index (χ1n) is 19.7. The minimum atomic E-state index is -4.49. The fraction of sp³-hybridized carbons (Fsp3) is 0.514. The molecule has 21 nitrogen and oxygen atoms in total. The quantitative estimate of drug-likeness (QED) is 0.0413. The lowest BCUT2D eigenvalue weighted by Crippen LogP contribution is -2.49. The lowest BCUT2D eigenvalue weighted by molar-refractivity contribution is 0.157. The molecule has 6 N–H and O–H groups in total. The molecule has 0 radical (unpaired) electrons. The van der Waals surface area contributed by atoms with Gasteiger partial charge < -0.3 is 9.80 Å². The number of hydrogen-bond acceptors (Lipinski definition) is 15. The molecule has 0 aromatic heterocycles. The van der Waals surface area contributed by atoms with Crippen LogP contribution in [0.4, 0.5) is 11.4 Å². The van der Waals surface area contributed by atoms with Gasteiger partial charge in [0.25, 0.3) is 60.7 Å². The third-order valence-electron chi connectivity index (χ3n) is 9.95. The van der Waals surface area contributed by atoms with Crippen molar-refractivity contribution in [3.8, 4) is 0 Å². The van der Waals surface area contributed by atoms with E-state index in [4.69, 9.17) is 0 Å². The summed E-state index contributed by atoms with van der Waals surface area (Å²) < 4.78 is 197. The molecule has 3 aromatic carbocycles. The number of benzene rings is 3. The Morgan fingerprint density at radius 2 is 0.562 bits per heavy atom. The van der Waals surface area contributed by atoms with Crippen LogP contribution >= 0.6 is 0 Å². The van der Waals surface area contributed by atoms with Crippen LogP contribution in [-0.2, 0) is 66.2 Å². The molecule has 0 bridgehead atoms. The SMILES string of the molecule is O=S(=O)(O)CCCN(CCCS(=O)(=O)O)c1ccc(C(c2ccccc2)(c2ccc(N(CCCS(=O)(=O)O)CCCS(=O)(=O)O)cc2)N(CCCS(=O)(=O)O)CCCS(=O)(=O)O)cc1. The second-order valence-electron chi connectivity index (χ2n) is 15.0. The average molecular weight is 1020 g/mol. The van der Waals surface area contributed by atoms with Gasteiger partial charge in [0.05, 0.1) is 40.1 Å². The molecule has 27 heteroatoms. The van der Waals surface area contributed by atoms with Gasteiger partial charge in [-0.05, 0) is 79.5 Å². The zero-order valence-electron chi connectivity index (χ0n) is 34.6. The van der Waals surface area contributed by atoms with Crippen LogP contribution in [0, 0.1) is 0 Å². The van der Waals surface area contributed by atoms with Gasteiger partial charge in [0.2, 0.25) is 0 Å². The largest absolute Gasteiger partial charge is 0.371 e. The van der Waals surface area contributed by atoms with Crippen LogP contribution in [0.3, 0.4) is 0 Å². The molecule has 3 aromatic rings. The number of nitrogens with zero attached hydrogens (tertiary/aromatic N) is 3. The molecule has 0 unspecified atom stereocenters. The Labute approximate surface area is 376 Å². The molecule has 0 aliphatic rings. The van der Waals surface area contributed by atoms with E-state index in [1.165, 1.54) is 0 Å². The van der Waals surface area contributed by atoms with Crippen LogP contribution in [0.1, 0.15) is 55.2 Å². The van der Waals surface area contributed by atoms with Gasteiger partial charge in [0, 0.05) is 50.6 Å². The Morgan fingerprint density at radius 1 is 0.328 bits per heavy atom. The third-order valence-corrected chi connectivity index (χ3v) is 14.8. The molecule has 0 aliphatic heterocycles. The zero-order chi connectivity index (χ0) is 48.0. The van der Waals surface area contributed by atoms with E-state index < -0.39 is 101 Å². The lowest BCUT2D eigenvalue weighted by Gasteiger charge is -2.46. The second-order valence-corrected chi connectivity index (χ2v) is 24.4. The van der Waals surface area contributed by atoms with E-state index in [-0.39, 0.29) is 77.8 Å². The molecular formula is C37H55N3O18S6. The van der Waals surface area contributed by atoms with Gasteiger partial charge in [-0.2, -0.15) is 50.5 Å². The molecule has 0 amide bonds. The molecule has 0 atom stereocenters. The van der Waals surface area contributed by atoms with Gasteiger partial charge in [0.1, 0.15) is 0 Å². The summed E-state index contributed by atoms with van der Waals surface area (Å²) in [4.78, 5) is 5.07. The van der Waals surface area contributed by atoms with Crippen LogP contribution in [0.2, 0.25) is 0 Å². The highest BCUT2D eigenvalue weighted by atomic mass is 32.2. The summed E-state index contributed by atoms with van der Waals surface area (Å²) in [5.74, 6) is -3.79. The maximum absolute atomic E-state index is 12.0. The van der Waals surface area contributed by atoms with Crippen molar-refractivity contribution >= 4 is 72.1 Å². The minimum Gasteiger partial charge on any atom is -0.371 e. The molecular weight excluding hydrogens is 967 g/mol. The first kappa shape index (κ1) is 55.0. The fourth-order valence-electron chi connectivity index (χ4n) is 7.37. The predicted molar refractivity (Wildman–Crippen MR) is 241 cm³/mol. The molecule has 362 valence electrons. The van der Waals surface area contributed by atoms with E-state index in [9.17, 15) is 77.8 Å². The van der Waals surface area contributed by atoms with Crippen LogP contribution in [0.25, 0.3) is 0 Å². The average Bonchev–Trinajstić information content (AvgIpc) is 3.15. The maximum Gasteiger partial charge on any atom is 0.264 e. The molecule has 0 saturated heterocycles. The maximum atomic E-state index is 12.0. The molecule has 0 aliphatic carbocycles. The number of anilines is 2. The Balaban J connectivity index is 2.33. The smallest absolute Gasteiger partial charge is 0.264 e. The Kier molecular flexibility index (Phi) is 20.1. The normalized spacial score (nSPS) is 13.3. The van der Waals surface area contributed by atoms with Crippen molar-refractivity contribution < 1.29 is 77.8 Å². The van der Waals surface area contributed by atoms with Crippen molar-refractivity contribution in [2.45, 2.75) is 44.1 Å². The summed E-state index contributed by atoms with van der Waals surface area (Å²) >= 11 is 0. The summed E-state index contributed by atoms with van der Waals surface area (Å²) in [6.45, 7) is -0.0933. The Bertz CT molecular complexity index is 2400. The highest BCUT2D eigenvalue weighted by molar-refractivity contribution is 7.86. The molecule has 0 fully saturated rings. The summed E-state index contributed by atoms with van der Waals surface area (Å²) in [6, 6.07) is 22.0. The lowest BCUT2D eigenvalue weighted by atomic mass is 9.75. The Morgan fingerprint density at radius 3 is 0.812 bits per heavy atom. The molecule has 0 heterocycles. The van der Waals surface area contributed by atoms with Gasteiger partial charge in [-0.3, -0.25) is 32.2 Å². The van der Waals surface area contributed by atoms with E-state index in [0.717, 1.165) is 0 Å². The van der Waals surface area contributed by atoms with Crippen LogP contribution in [0.5, 0.6) is 0 Å². The molecule has 0 saturated carbocycles. The molecule has 64 heavy (non-hydrogen) atoms. The minimum absolute atomic E-state index is 0.0261.